The Bertz CT molecular complexity index is 528. The fourth-order valence-corrected chi connectivity index (χ4v) is 1.38. The van der Waals surface area contributed by atoms with Crippen molar-refractivity contribution in [2.45, 2.75) is 6.42 Å². The highest BCUT2D eigenvalue weighted by Crippen LogP contribution is 2.13. The van der Waals surface area contributed by atoms with Crippen molar-refractivity contribution in [2.75, 3.05) is 17.7 Å². The van der Waals surface area contributed by atoms with Crippen molar-refractivity contribution in [1.82, 2.24) is 9.97 Å². The van der Waals surface area contributed by atoms with E-state index < -0.39 is 0 Å². The van der Waals surface area contributed by atoms with Gasteiger partial charge >= 0.3 is 0 Å². The van der Waals surface area contributed by atoms with E-state index in [1.165, 1.54) is 0 Å². The highest BCUT2D eigenvalue weighted by atomic mass is 16.5. The molecule has 0 radical (unpaired) electrons. The zero-order chi connectivity index (χ0) is 13.5. The van der Waals surface area contributed by atoms with Crippen LogP contribution in [0, 0.1) is 0 Å². The fourth-order valence-electron chi connectivity index (χ4n) is 1.38. The van der Waals surface area contributed by atoms with E-state index >= 15 is 0 Å². The standard InChI is InChI=1S/C13H14N4O2/c14-10-2-4-11(5-3-10)19-9-6-12(18)17-13-15-7-1-8-16-13/h1-5,7-8H,6,9,14H2,(H,15,16,17,18). The van der Waals surface area contributed by atoms with Gasteiger partial charge in [-0.2, -0.15) is 0 Å². The molecule has 0 bridgehead atoms. The molecule has 1 amide bonds. The van der Waals surface area contributed by atoms with Crippen molar-refractivity contribution >= 4 is 17.5 Å². The van der Waals surface area contributed by atoms with Gasteiger partial charge in [0.15, 0.2) is 0 Å². The van der Waals surface area contributed by atoms with Gasteiger partial charge < -0.3 is 10.5 Å². The minimum atomic E-state index is -0.193. The Labute approximate surface area is 110 Å². The number of nitrogens with two attached hydrogens (primary N) is 1. The molecule has 0 unspecified atom stereocenters. The lowest BCUT2D eigenvalue weighted by Crippen LogP contribution is -2.16. The van der Waals surface area contributed by atoms with Crippen LogP contribution in [0.15, 0.2) is 42.7 Å². The third-order valence-corrected chi connectivity index (χ3v) is 2.29. The van der Waals surface area contributed by atoms with E-state index in [0.29, 0.717) is 17.4 Å². The van der Waals surface area contributed by atoms with Crippen LogP contribution in [0.3, 0.4) is 0 Å². The first-order valence-electron chi connectivity index (χ1n) is 5.79. The van der Waals surface area contributed by atoms with E-state index in [9.17, 15) is 4.79 Å². The lowest BCUT2D eigenvalue weighted by atomic mass is 10.3. The third kappa shape index (κ3) is 4.27. The van der Waals surface area contributed by atoms with E-state index in [-0.39, 0.29) is 18.9 Å². The largest absolute Gasteiger partial charge is 0.493 e. The average Bonchev–Trinajstić information content (AvgIpc) is 2.42. The molecule has 2 aromatic rings. The average molecular weight is 258 g/mol. The van der Waals surface area contributed by atoms with Gasteiger partial charge in [0, 0.05) is 18.1 Å². The first kappa shape index (κ1) is 12.8. The molecule has 1 aromatic heterocycles. The van der Waals surface area contributed by atoms with Crippen molar-refractivity contribution in [1.29, 1.82) is 0 Å². The fraction of sp³-hybridized carbons (Fsp3) is 0.154. The Kier molecular flexibility index (Phi) is 4.28. The number of aromatic nitrogens is 2. The summed E-state index contributed by atoms with van der Waals surface area (Å²) < 4.78 is 5.41. The second kappa shape index (κ2) is 6.34. The van der Waals surface area contributed by atoms with Gasteiger partial charge in [0.2, 0.25) is 11.9 Å². The molecule has 0 aliphatic rings. The molecule has 0 saturated heterocycles. The number of nitrogen functional groups attached to an aromatic ring is 1. The lowest BCUT2D eigenvalue weighted by molar-refractivity contribution is -0.116. The molecule has 0 saturated carbocycles. The summed E-state index contributed by atoms with van der Waals surface area (Å²) in [6, 6.07) is 8.68. The normalized spacial score (nSPS) is 9.89. The number of ether oxygens (including phenoxy) is 1. The highest BCUT2D eigenvalue weighted by Gasteiger charge is 2.04. The summed E-state index contributed by atoms with van der Waals surface area (Å²) in [5.74, 6) is 0.777. The summed E-state index contributed by atoms with van der Waals surface area (Å²) in [5, 5.41) is 2.58. The Hall–Kier alpha value is -2.63. The van der Waals surface area contributed by atoms with Crippen molar-refractivity contribution < 1.29 is 9.53 Å². The van der Waals surface area contributed by atoms with Crippen LogP contribution in [0.5, 0.6) is 5.75 Å². The summed E-state index contributed by atoms with van der Waals surface area (Å²) in [5.41, 5.74) is 6.23. The van der Waals surface area contributed by atoms with Crippen LogP contribution in [-0.4, -0.2) is 22.5 Å². The molecular weight excluding hydrogens is 244 g/mol. The van der Waals surface area contributed by atoms with Crippen LogP contribution < -0.4 is 15.8 Å². The number of hydrogen-bond donors (Lipinski definition) is 2. The van der Waals surface area contributed by atoms with E-state index in [1.807, 2.05) is 0 Å². The van der Waals surface area contributed by atoms with Gasteiger partial charge in [-0.1, -0.05) is 0 Å². The second-order valence-electron chi connectivity index (χ2n) is 3.79. The first-order chi connectivity index (χ1) is 9.24. The molecule has 98 valence electrons. The van der Waals surface area contributed by atoms with Gasteiger partial charge in [0.25, 0.3) is 0 Å². The molecular formula is C13H14N4O2. The topological polar surface area (TPSA) is 90.1 Å². The van der Waals surface area contributed by atoms with Crippen LogP contribution >= 0.6 is 0 Å². The molecule has 3 N–H and O–H groups in total. The summed E-state index contributed by atoms with van der Waals surface area (Å²) in [4.78, 5) is 19.4. The molecule has 19 heavy (non-hydrogen) atoms. The van der Waals surface area contributed by atoms with Gasteiger partial charge in [0.05, 0.1) is 13.0 Å². The summed E-state index contributed by atoms with van der Waals surface area (Å²) in [7, 11) is 0. The van der Waals surface area contributed by atoms with Crippen molar-refractivity contribution in [2.24, 2.45) is 0 Å². The molecule has 2 rings (SSSR count). The van der Waals surface area contributed by atoms with E-state index in [0.717, 1.165) is 0 Å². The molecule has 0 atom stereocenters. The third-order valence-electron chi connectivity index (χ3n) is 2.29. The highest BCUT2D eigenvalue weighted by molar-refractivity contribution is 5.88. The van der Waals surface area contributed by atoms with E-state index in [2.05, 4.69) is 15.3 Å². The number of carbonyl (C=O) groups is 1. The van der Waals surface area contributed by atoms with Gasteiger partial charge in [-0.25, -0.2) is 9.97 Å². The number of benzene rings is 1. The Morgan fingerprint density at radius 3 is 2.58 bits per heavy atom. The molecule has 0 aliphatic carbocycles. The summed E-state index contributed by atoms with van der Waals surface area (Å²) in [6.45, 7) is 0.280. The van der Waals surface area contributed by atoms with Gasteiger partial charge in [-0.05, 0) is 30.3 Å². The summed E-state index contributed by atoms with van der Waals surface area (Å²) >= 11 is 0. The van der Waals surface area contributed by atoms with Gasteiger partial charge in [-0.3, -0.25) is 10.1 Å². The monoisotopic (exact) mass is 258 g/mol. The predicted octanol–water partition coefficient (Wildman–Crippen LogP) is 1.47. The molecule has 0 spiro atoms. The number of anilines is 2. The Balaban J connectivity index is 1.74. The first-order valence-corrected chi connectivity index (χ1v) is 5.79. The maximum atomic E-state index is 11.6. The second-order valence-corrected chi connectivity index (χ2v) is 3.79. The lowest BCUT2D eigenvalue weighted by Gasteiger charge is -2.06. The minimum Gasteiger partial charge on any atom is -0.493 e. The van der Waals surface area contributed by atoms with E-state index in [4.69, 9.17) is 10.5 Å². The maximum absolute atomic E-state index is 11.6. The van der Waals surface area contributed by atoms with Crippen LogP contribution in [0.2, 0.25) is 0 Å². The smallest absolute Gasteiger partial charge is 0.230 e. The molecule has 6 nitrogen and oxygen atoms in total. The van der Waals surface area contributed by atoms with Crippen molar-refractivity contribution in [3.63, 3.8) is 0 Å². The van der Waals surface area contributed by atoms with Crippen LogP contribution in [0.25, 0.3) is 0 Å². The molecule has 1 aromatic carbocycles. The number of rotatable bonds is 5. The molecule has 6 heteroatoms. The quantitative estimate of drug-likeness (QED) is 0.792. The number of nitrogens with one attached hydrogen (secondary N) is 1. The molecule has 1 heterocycles. The maximum Gasteiger partial charge on any atom is 0.230 e. The van der Waals surface area contributed by atoms with Crippen molar-refractivity contribution in [3.8, 4) is 5.75 Å². The summed E-state index contributed by atoms with van der Waals surface area (Å²) in [6.07, 6.45) is 3.35. The number of nitrogens with zero attached hydrogens (tertiary/aromatic N) is 2. The molecule has 0 aliphatic heterocycles. The van der Waals surface area contributed by atoms with E-state index in [1.54, 1.807) is 42.7 Å². The Morgan fingerprint density at radius 1 is 1.21 bits per heavy atom. The minimum absolute atomic E-state index is 0.193. The zero-order valence-corrected chi connectivity index (χ0v) is 10.2. The van der Waals surface area contributed by atoms with Crippen LogP contribution in [0.1, 0.15) is 6.42 Å². The number of amides is 1. The number of hydrogen-bond acceptors (Lipinski definition) is 5. The van der Waals surface area contributed by atoms with Crippen LogP contribution in [0.4, 0.5) is 11.6 Å². The Morgan fingerprint density at radius 2 is 1.89 bits per heavy atom. The zero-order valence-electron chi connectivity index (χ0n) is 10.2. The van der Waals surface area contributed by atoms with Crippen molar-refractivity contribution in [3.05, 3.63) is 42.7 Å². The van der Waals surface area contributed by atoms with Crippen LogP contribution in [-0.2, 0) is 4.79 Å². The predicted molar refractivity (Wildman–Crippen MR) is 71.6 cm³/mol. The van der Waals surface area contributed by atoms with Gasteiger partial charge in [-0.15, -0.1) is 0 Å². The molecule has 0 fully saturated rings. The number of carbonyl (C=O) groups excluding carboxylic acids is 1. The van der Waals surface area contributed by atoms with Gasteiger partial charge in [0.1, 0.15) is 5.75 Å². The SMILES string of the molecule is Nc1ccc(OCCC(=O)Nc2ncccn2)cc1.